The number of fused-ring (bicyclic) bond motifs is 9. The van der Waals surface area contributed by atoms with Gasteiger partial charge in [0, 0.05) is 32.6 Å². The minimum Gasteiger partial charge on any atom is -0.456 e. The maximum atomic E-state index is 9.58. The molecule has 0 fully saturated rings. The summed E-state index contributed by atoms with van der Waals surface area (Å²) in [6.45, 7) is 2.32. The van der Waals surface area contributed by atoms with E-state index in [0.717, 1.165) is 38.8 Å². The largest absolute Gasteiger partial charge is 0.456 e. The van der Waals surface area contributed by atoms with Crippen LogP contribution in [-0.4, -0.2) is 4.57 Å². The summed E-state index contributed by atoms with van der Waals surface area (Å²) in [4.78, 5) is 0. The minimum atomic E-state index is -0.397. The lowest BCUT2D eigenvalue weighted by Crippen LogP contribution is -2.22. The van der Waals surface area contributed by atoms with Gasteiger partial charge in [-0.05, 0) is 130 Å². The van der Waals surface area contributed by atoms with E-state index in [-0.39, 0.29) is 0 Å². The molecule has 8 aromatic carbocycles. The molecule has 0 spiro atoms. The van der Waals surface area contributed by atoms with Crippen LogP contribution in [0.15, 0.2) is 180 Å². The second-order valence-corrected chi connectivity index (χ2v) is 14.6. The van der Waals surface area contributed by atoms with Crippen LogP contribution in [0.4, 0.5) is 0 Å². The predicted octanol–water partition coefficient (Wildman–Crippen LogP) is 13.2. The third kappa shape index (κ3) is 4.35. The van der Waals surface area contributed by atoms with Crippen molar-refractivity contribution in [2.24, 2.45) is 0 Å². The number of para-hydroxylation sites is 3. The number of hydrogen-bond donors (Lipinski definition) is 0. The third-order valence-electron chi connectivity index (χ3n) is 11.7. The third-order valence-corrected chi connectivity index (χ3v) is 11.7. The highest BCUT2D eigenvalue weighted by Gasteiger charge is 2.41. The average molecular weight is 689 g/mol. The molecule has 0 amide bonds. The molecule has 1 aliphatic rings. The molecular formula is C51H32N2O. The van der Waals surface area contributed by atoms with E-state index in [1.807, 2.05) is 24.3 Å². The molecule has 1 aliphatic carbocycles. The van der Waals surface area contributed by atoms with Gasteiger partial charge in [0.05, 0.1) is 22.7 Å². The molecule has 54 heavy (non-hydrogen) atoms. The highest BCUT2D eigenvalue weighted by atomic mass is 16.3. The van der Waals surface area contributed by atoms with Crippen molar-refractivity contribution in [3.8, 4) is 45.1 Å². The molecule has 1 atom stereocenters. The monoisotopic (exact) mass is 688 g/mol. The van der Waals surface area contributed by atoms with Crippen LogP contribution in [0.1, 0.15) is 29.2 Å². The minimum absolute atomic E-state index is 0.397. The van der Waals surface area contributed by atoms with E-state index in [4.69, 9.17) is 4.42 Å². The molecule has 2 aromatic heterocycles. The van der Waals surface area contributed by atoms with Crippen LogP contribution in [0.5, 0.6) is 0 Å². The number of benzene rings is 8. The summed E-state index contributed by atoms with van der Waals surface area (Å²) >= 11 is 0. The van der Waals surface area contributed by atoms with Gasteiger partial charge < -0.3 is 8.98 Å². The van der Waals surface area contributed by atoms with Crippen molar-refractivity contribution in [2.75, 3.05) is 0 Å². The van der Waals surface area contributed by atoms with E-state index in [1.165, 1.54) is 60.8 Å². The fourth-order valence-electron chi connectivity index (χ4n) is 9.01. The molecule has 11 rings (SSSR count). The normalized spacial score (nSPS) is 14.8. The molecular weight excluding hydrogens is 657 g/mol. The summed E-state index contributed by atoms with van der Waals surface area (Å²) in [6, 6.07) is 65.2. The van der Waals surface area contributed by atoms with Crippen molar-refractivity contribution < 1.29 is 4.42 Å². The van der Waals surface area contributed by atoms with Crippen LogP contribution in [0.25, 0.3) is 82.8 Å². The lowest BCUT2D eigenvalue weighted by molar-refractivity contribution is 0.669. The summed E-state index contributed by atoms with van der Waals surface area (Å²) in [5.74, 6) is 0. The van der Waals surface area contributed by atoms with Crippen molar-refractivity contribution in [2.45, 2.75) is 12.3 Å². The molecule has 0 bridgehead atoms. The summed E-state index contributed by atoms with van der Waals surface area (Å²) in [7, 11) is 0. The zero-order valence-corrected chi connectivity index (χ0v) is 29.5. The van der Waals surface area contributed by atoms with Gasteiger partial charge >= 0.3 is 0 Å². The standard InChI is InChI=1S/C51H32N2O/c1-51(37-21-15-32(31-52)16-22-37)45-24-18-33(35-20-26-48-44(29-35)39-11-5-7-13-47(39)53(48)38-9-3-2-4-10-38)27-42(45)43-28-34(19-25-46(43)51)36-17-23-41-40-12-6-8-14-49(40)54-50(41)30-36/h2-30H,1H3. The first-order valence-corrected chi connectivity index (χ1v) is 18.4. The van der Waals surface area contributed by atoms with Gasteiger partial charge in [0.2, 0.25) is 0 Å². The Balaban J connectivity index is 1.09. The van der Waals surface area contributed by atoms with Gasteiger partial charge in [-0.3, -0.25) is 0 Å². The van der Waals surface area contributed by atoms with Gasteiger partial charge in [-0.25, -0.2) is 0 Å². The first-order chi connectivity index (χ1) is 26.6. The van der Waals surface area contributed by atoms with Crippen LogP contribution in [0.2, 0.25) is 0 Å². The van der Waals surface area contributed by atoms with Crippen LogP contribution in [0.3, 0.4) is 0 Å². The summed E-state index contributed by atoms with van der Waals surface area (Å²) in [6.07, 6.45) is 0. The molecule has 0 saturated carbocycles. The molecule has 3 heteroatoms. The lowest BCUT2D eigenvalue weighted by atomic mass is 9.74. The Hall–Kier alpha value is -7.15. The Labute approximate surface area is 312 Å². The van der Waals surface area contributed by atoms with Crippen molar-refractivity contribution in [1.82, 2.24) is 4.57 Å². The van der Waals surface area contributed by atoms with Gasteiger partial charge in [0.15, 0.2) is 0 Å². The molecule has 10 aromatic rings. The summed E-state index contributed by atoms with van der Waals surface area (Å²) in [5.41, 5.74) is 16.4. The molecule has 0 saturated heterocycles. The number of aromatic nitrogens is 1. The number of nitrogens with zero attached hydrogens (tertiary/aromatic N) is 2. The molecule has 252 valence electrons. The Kier molecular flexibility index (Phi) is 6.45. The molecule has 0 aliphatic heterocycles. The molecule has 0 N–H and O–H groups in total. The lowest BCUT2D eigenvalue weighted by Gasteiger charge is -2.28. The van der Waals surface area contributed by atoms with Gasteiger partial charge in [0.25, 0.3) is 0 Å². The molecule has 0 radical (unpaired) electrons. The maximum Gasteiger partial charge on any atom is 0.136 e. The second-order valence-electron chi connectivity index (χ2n) is 14.6. The van der Waals surface area contributed by atoms with E-state index >= 15 is 0 Å². The Bertz CT molecular complexity index is 3180. The van der Waals surface area contributed by atoms with Crippen molar-refractivity contribution in [3.63, 3.8) is 0 Å². The van der Waals surface area contributed by atoms with E-state index in [2.05, 4.69) is 169 Å². The number of nitriles is 1. The molecule has 1 unspecified atom stereocenters. The van der Waals surface area contributed by atoms with Crippen LogP contribution < -0.4 is 0 Å². The number of hydrogen-bond acceptors (Lipinski definition) is 2. The number of rotatable bonds is 4. The quantitative estimate of drug-likeness (QED) is 0.185. The Morgan fingerprint density at radius 1 is 0.481 bits per heavy atom. The van der Waals surface area contributed by atoms with Gasteiger partial charge in [0.1, 0.15) is 11.2 Å². The summed E-state index contributed by atoms with van der Waals surface area (Å²) < 4.78 is 8.66. The highest BCUT2D eigenvalue weighted by molar-refractivity contribution is 6.11. The van der Waals surface area contributed by atoms with E-state index in [0.29, 0.717) is 5.56 Å². The first kappa shape index (κ1) is 30.5. The number of furan rings is 1. The molecule has 2 heterocycles. The Morgan fingerprint density at radius 2 is 1.06 bits per heavy atom. The Morgan fingerprint density at radius 3 is 1.80 bits per heavy atom. The second kappa shape index (κ2) is 11.4. The van der Waals surface area contributed by atoms with Crippen molar-refractivity contribution >= 4 is 43.7 Å². The fraction of sp³-hybridized carbons (Fsp3) is 0.0392. The van der Waals surface area contributed by atoms with Crippen LogP contribution >= 0.6 is 0 Å². The highest BCUT2D eigenvalue weighted by Crippen LogP contribution is 2.54. The van der Waals surface area contributed by atoms with Gasteiger partial charge in [-0.2, -0.15) is 5.26 Å². The van der Waals surface area contributed by atoms with E-state index in [1.54, 1.807) is 0 Å². The van der Waals surface area contributed by atoms with Crippen molar-refractivity contribution in [1.29, 1.82) is 5.26 Å². The van der Waals surface area contributed by atoms with E-state index < -0.39 is 5.41 Å². The SMILES string of the molecule is CC1(c2ccc(C#N)cc2)c2ccc(-c3ccc4c(c3)oc3ccccc34)cc2-c2cc(-c3ccc4c(c3)c3ccccc3n4-c3ccccc3)ccc21. The van der Waals surface area contributed by atoms with E-state index in [9.17, 15) is 5.26 Å². The average Bonchev–Trinajstić information content (AvgIpc) is 3.86. The fourth-order valence-corrected chi connectivity index (χ4v) is 9.01. The van der Waals surface area contributed by atoms with Crippen LogP contribution in [0, 0.1) is 11.3 Å². The first-order valence-electron chi connectivity index (χ1n) is 18.4. The van der Waals surface area contributed by atoms with Gasteiger partial charge in [-0.15, -0.1) is 0 Å². The maximum absolute atomic E-state index is 9.58. The summed E-state index contributed by atoms with van der Waals surface area (Å²) in [5, 5.41) is 14.3. The van der Waals surface area contributed by atoms with Crippen LogP contribution in [-0.2, 0) is 5.41 Å². The molecule has 3 nitrogen and oxygen atoms in total. The smallest absolute Gasteiger partial charge is 0.136 e. The van der Waals surface area contributed by atoms with Gasteiger partial charge in [-0.1, -0.05) is 103 Å². The zero-order chi connectivity index (χ0) is 36.0. The predicted molar refractivity (Wildman–Crippen MR) is 221 cm³/mol. The zero-order valence-electron chi connectivity index (χ0n) is 29.5. The topological polar surface area (TPSA) is 41.9 Å². The van der Waals surface area contributed by atoms with Crippen molar-refractivity contribution in [3.05, 3.63) is 198 Å².